The summed E-state index contributed by atoms with van der Waals surface area (Å²) in [5.74, 6) is -0.900. The van der Waals surface area contributed by atoms with Crippen molar-refractivity contribution in [3.05, 3.63) is 33.6 Å². The predicted octanol–water partition coefficient (Wildman–Crippen LogP) is 3.09. The second kappa shape index (κ2) is 5.32. The summed E-state index contributed by atoms with van der Waals surface area (Å²) in [5, 5.41) is 20.3. The van der Waals surface area contributed by atoms with Gasteiger partial charge < -0.3 is 10.5 Å². The number of anilines is 1. The van der Waals surface area contributed by atoms with Gasteiger partial charge in [-0.1, -0.05) is 0 Å². The Balaban J connectivity index is 3.28. The first-order chi connectivity index (χ1) is 7.10. The summed E-state index contributed by atoms with van der Waals surface area (Å²) in [6.45, 7) is 0. The van der Waals surface area contributed by atoms with E-state index in [-0.39, 0.29) is 0 Å². The molecule has 0 bridgehead atoms. The van der Waals surface area contributed by atoms with Gasteiger partial charge >= 0.3 is 5.69 Å². The van der Waals surface area contributed by atoms with Crippen LogP contribution in [0.5, 0.6) is 0 Å². The number of halogens is 2. The van der Waals surface area contributed by atoms with Crippen LogP contribution in [0.1, 0.15) is 5.56 Å². The van der Waals surface area contributed by atoms with Crippen LogP contribution in [0.2, 0.25) is 0 Å². The minimum absolute atomic E-state index is 0.298. The summed E-state index contributed by atoms with van der Waals surface area (Å²) < 4.78 is 13.2. The number of benzene rings is 1. The summed E-state index contributed by atoms with van der Waals surface area (Å²) >= 11 is 2.04. The molecular weight excluding hydrogens is 335 g/mol. The Kier molecular flexibility index (Phi) is 4.34. The van der Waals surface area contributed by atoms with Crippen molar-refractivity contribution in [1.82, 2.24) is 0 Å². The SMILES string of the molecule is N=Cc1cc([N+](=O)[O-])c(F)cc1NPI. The monoisotopic (exact) mass is 341 g/mol. The third-order valence-corrected chi connectivity index (χ3v) is 2.83. The van der Waals surface area contributed by atoms with Gasteiger partial charge in [-0.05, 0) is 22.0 Å². The van der Waals surface area contributed by atoms with Gasteiger partial charge in [0.25, 0.3) is 0 Å². The summed E-state index contributed by atoms with van der Waals surface area (Å²) in [5.41, 5.74) is 0.0731. The van der Waals surface area contributed by atoms with E-state index < -0.39 is 16.4 Å². The Morgan fingerprint density at radius 1 is 1.67 bits per heavy atom. The van der Waals surface area contributed by atoms with Crippen molar-refractivity contribution < 1.29 is 9.31 Å². The highest BCUT2D eigenvalue weighted by molar-refractivity contribution is 14.2. The second-order valence-corrected chi connectivity index (χ2v) is 4.57. The van der Waals surface area contributed by atoms with Gasteiger partial charge in [0.05, 0.1) is 4.92 Å². The molecule has 5 nitrogen and oxygen atoms in total. The third kappa shape index (κ3) is 2.82. The summed E-state index contributed by atoms with van der Waals surface area (Å²) in [4.78, 5) is 9.62. The lowest BCUT2D eigenvalue weighted by Gasteiger charge is -2.06. The molecule has 0 saturated heterocycles. The van der Waals surface area contributed by atoms with Gasteiger partial charge in [-0.25, -0.2) is 0 Å². The molecule has 1 rings (SSSR count). The first-order valence-electron chi connectivity index (χ1n) is 3.70. The Labute approximate surface area is 99.4 Å². The number of rotatable bonds is 4. The molecule has 0 saturated carbocycles. The minimum atomic E-state index is -0.900. The van der Waals surface area contributed by atoms with E-state index in [9.17, 15) is 14.5 Å². The van der Waals surface area contributed by atoms with Gasteiger partial charge in [0, 0.05) is 36.0 Å². The Hall–Kier alpha value is -0.820. The highest BCUT2D eigenvalue weighted by Gasteiger charge is 2.17. The van der Waals surface area contributed by atoms with E-state index in [2.05, 4.69) is 5.09 Å². The number of nitrogens with zero attached hydrogens (tertiary/aromatic N) is 1. The van der Waals surface area contributed by atoms with Crippen molar-refractivity contribution in [2.24, 2.45) is 0 Å². The molecule has 0 aliphatic heterocycles. The van der Waals surface area contributed by atoms with Crippen molar-refractivity contribution in [3.8, 4) is 0 Å². The van der Waals surface area contributed by atoms with E-state index in [4.69, 9.17) is 5.41 Å². The van der Waals surface area contributed by atoms with Gasteiger partial charge in [-0.15, -0.1) is 0 Å². The van der Waals surface area contributed by atoms with Crippen LogP contribution in [0.4, 0.5) is 15.8 Å². The molecule has 0 fully saturated rings. The first-order valence-corrected chi connectivity index (χ1v) is 7.81. The fourth-order valence-corrected chi connectivity index (χ4v) is 2.19. The Morgan fingerprint density at radius 2 is 2.33 bits per heavy atom. The lowest BCUT2D eigenvalue weighted by Crippen LogP contribution is -1.97. The van der Waals surface area contributed by atoms with Crippen molar-refractivity contribution in [1.29, 1.82) is 5.41 Å². The number of hydrogen-bond donors (Lipinski definition) is 2. The predicted molar refractivity (Wildman–Crippen MR) is 66.9 cm³/mol. The molecule has 8 heteroatoms. The lowest BCUT2D eigenvalue weighted by atomic mass is 10.1. The van der Waals surface area contributed by atoms with Crippen molar-refractivity contribution in [3.63, 3.8) is 0 Å². The van der Waals surface area contributed by atoms with Gasteiger partial charge in [0.15, 0.2) is 0 Å². The molecule has 0 amide bonds. The van der Waals surface area contributed by atoms with Crippen LogP contribution in [0.25, 0.3) is 0 Å². The molecule has 0 aliphatic carbocycles. The zero-order chi connectivity index (χ0) is 11.4. The zero-order valence-corrected chi connectivity index (χ0v) is 10.4. The quantitative estimate of drug-likeness (QED) is 0.290. The van der Waals surface area contributed by atoms with Crippen LogP contribution in [0.15, 0.2) is 12.1 Å². The van der Waals surface area contributed by atoms with Crippen LogP contribution in [-0.4, -0.2) is 11.1 Å². The van der Waals surface area contributed by atoms with E-state index in [1.54, 1.807) is 0 Å². The van der Waals surface area contributed by atoms with Crippen LogP contribution < -0.4 is 5.09 Å². The third-order valence-electron chi connectivity index (χ3n) is 1.65. The maximum atomic E-state index is 13.2. The smallest absolute Gasteiger partial charge is 0.305 e. The molecule has 1 aromatic carbocycles. The van der Waals surface area contributed by atoms with Crippen LogP contribution in [-0.2, 0) is 0 Å². The zero-order valence-electron chi connectivity index (χ0n) is 7.25. The van der Waals surface area contributed by atoms with Gasteiger partial charge in [-0.2, -0.15) is 4.39 Å². The van der Waals surface area contributed by atoms with Gasteiger partial charge in [0.1, 0.15) is 0 Å². The number of hydrogen-bond acceptors (Lipinski definition) is 4. The van der Waals surface area contributed by atoms with E-state index in [1.807, 2.05) is 22.0 Å². The molecule has 0 heterocycles. The fourth-order valence-electron chi connectivity index (χ4n) is 0.996. The van der Waals surface area contributed by atoms with Crippen LogP contribution in [0, 0.1) is 21.3 Å². The first kappa shape index (κ1) is 12.3. The molecule has 15 heavy (non-hydrogen) atoms. The highest BCUT2D eigenvalue weighted by atomic mass is 127. The van der Waals surface area contributed by atoms with E-state index in [0.717, 1.165) is 18.3 Å². The van der Waals surface area contributed by atoms with Gasteiger partial charge in [-0.3, -0.25) is 10.1 Å². The normalized spacial score (nSPS) is 10.5. The van der Waals surface area contributed by atoms with E-state index in [0.29, 0.717) is 17.6 Å². The molecular formula is C7H6FIN3O2P. The average Bonchev–Trinajstić information content (AvgIpc) is 2.18. The molecule has 1 atom stereocenters. The maximum absolute atomic E-state index is 13.2. The Bertz CT molecular complexity index is 415. The minimum Gasteiger partial charge on any atom is -0.358 e. The number of nitro groups is 1. The van der Waals surface area contributed by atoms with Crippen molar-refractivity contribution in [2.75, 3.05) is 5.09 Å². The Morgan fingerprint density at radius 3 is 2.80 bits per heavy atom. The van der Waals surface area contributed by atoms with Crippen LogP contribution in [0.3, 0.4) is 0 Å². The second-order valence-electron chi connectivity index (χ2n) is 2.51. The average molecular weight is 341 g/mol. The molecule has 80 valence electrons. The van der Waals surface area contributed by atoms with Crippen molar-refractivity contribution >= 4 is 46.0 Å². The maximum Gasteiger partial charge on any atom is 0.305 e. The molecule has 0 spiro atoms. The molecule has 0 radical (unpaired) electrons. The highest BCUT2D eigenvalue weighted by Crippen LogP contribution is 2.30. The van der Waals surface area contributed by atoms with E-state index >= 15 is 0 Å². The largest absolute Gasteiger partial charge is 0.358 e. The number of nitrogens with one attached hydrogen (secondary N) is 2. The molecule has 0 aliphatic rings. The van der Waals surface area contributed by atoms with Gasteiger partial charge in [0.2, 0.25) is 5.82 Å². The summed E-state index contributed by atoms with van der Waals surface area (Å²) in [6.07, 6.45) is 1.25. The number of nitro benzene ring substituents is 1. The summed E-state index contributed by atoms with van der Waals surface area (Å²) in [7, 11) is 0. The van der Waals surface area contributed by atoms with E-state index in [1.165, 1.54) is 0 Å². The topological polar surface area (TPSA) is 79.0 Å². The summed E-state index contributed by atoms with van der Waals surface area (Å²) in [6, 6.07) is 2.08. The molecule has 0 aromatic heterocycles. The molecule has 2 N–H and O–H groups in total. The molecule has 1 unspecified atom stereocenters. The van der Waals surface area contributed by atoms with Crippen molar-refractivity contribution in [2.45, 2.75) is 0 Å². The standard InChI is InChI=1S/C7H6FIN3O2P/c8-5-2-6(11-15-9)4(3-10)1-7(5)12(13)14/h1-3,10-11,15H. The lowest BCUT2D eigenvalue weighted by molar-refractivity contribution is -0.387. The fraction of sp³-hybridized carbons (Fsp3) is 0. The van der Waals surface area contributed by atoms with Crippen LogP contribution >= 0.6 is 28.4 Å². The molecule has 1 aromatic rings.